The van der Waals surface area contributed by atoms with Crippen LogP contribution in [-0.2, 0) is 20.7 Å². The van der Waals surface area contributed by atoms with E-state index in [1.165, 1.54) is 23.1 Å². The van der Waals surface area contributed by atoms with Crippen molar-refractivity contribution in [3.63, 3.8) is 0 Å². The van der Waals surface area contributed by atoms with Crippen molar-refractivity contribution >= 4 is 29.3 Å². The summed E-state index contributed by atoms with van der Waals surface area (Å²) in [4.78, 5) is 38.3. The summed E-state index contributed by atoms with van der Waals surface area (Å²) in [6.45, 7) is 2.42. The third kappa shape index (κ3) is 5.25. The molecule has 0 bridgehead atoms. The molecule has 1 atom stereocenters. The van der Waals surface area contributed by atoms with Crippen molar-refractivity contribution in [2.75, 3.05) is 49.1 Å². The van der Waals surface area contributed by atoms with Gasteiger partial charge in [-0.1, -0.05) is 5.16 Å². The van der Waals surface area contributed by atoms with Crippen LogP contribution in [0.15, 0.2) is 29.0 Å². The van der Waals surface area contributed by atoms with Crippen LogP contribution in [0.5, 0.6) is 0 Å². The molecule has 3 amide bonds. The van der Waals surface area contributed by atoms with Crippen LogP contribution in [0.2, 0.25) is 0 Å². The Labute approximate surface area is 193 Å². The summed E-state index contributed by atoms with van der Waals surface area (Å²) in [5, 5.41) is 7.66. The fourth-order valence-corrected chi connectivity index (χ4v) is 3.85. The molecule has 2 aliphatic rings. The molecule has 2 aromatic rings. The van der Waals surface area contributed by atoms with Crippen LogP contribution in [0.3, 0.4) is 0 Å². The molecule has 182 valence electrons. The molecule has 0 radical (unpaired) electrons. The fourth-order valence-electron chi connectivity index (χ4n) is 3.85. The van der Waals surface area contributed by atoms with E-state index in [4.69, 9.17) is 9.26 Å². The van der Waals surface area contributed by atoms with Gasteiger partial charge in [-0.05, 0) is 0 Å². The van der Waals surface area contributed by atoms with Gasteiger partial charge in [-0.25, -0.2) is 19.0 Å². The SMILES string of the molecule is CC(=O)NC[C@H]1CN(c2cc(F)c(N3CCNN(C(=O)Cc4ccon4)CC3)c(F)c2)C(=O)O1. The number of cyclic esters (lactones) is 1. The molecular formula is C21H24F2N6O5. The maximum atomic E-state index is 15.0. The summed E-state index contributed by atoms with van der Waals surface area (Å²) < 4.78 is 39.9. The molecule has 4 rings (SSSR count). The van der Waals surface area contributed by atoms with E-state index in [1.54, 1.807) is 6.07 Å². The number of hydrogen-bond donors (Lipinski definition) is 2. The van der Waals surface area contributed by atoms with Crippen molar-refractivity contribution in [3.05, 3.63) is 41.8 Å². The van der Waals surface area contributed by atoms with Gasteiger partial charge in [0.15, 0.2) is 11.6 Å². The lowest BCUT2D eigenvalue weighted by molar-refractivity contribution is -0.133. The Balaban J connectivity index is 1.42. The smallest absolute Gasteiger partial charge is 0.414 e. The first-order chi connectivity index (χ1) is 16.3. The molecular weight excluding hydrogens is 454 g/mol. The van der Waals surface area contributed by atoms with Gasteiger partial charge >= 0.3 is 6.09 Å². The number of halogens is 2. The van der Waals surface area contributed by atoms with Gasteiger partial charge in [-0.2, -0.15) is 0 Å². The molecule has 3 heterocycles. The zero-order valence-electron chi connectivity index (χ0n) is 18.4. The third-order valence-corrected chi connectivity index (χ3v) is 5.48. The van der Waals surface area contributed by atoms with E-state index < -0.39 is 23.8 Å². The number of rotatable bonds is 6. The highest BCUT2D eigenvalue weighted by molar-refractivity contribution is 5.90. The minimum atomic E-state index is -0.838. The van der Waals surface area contributed by atoms with Gasteiger partial charge in [-0.15, -0.1) is 0 Å². The van der Waals surface area contributed by atoms with Gasteiger partial charge < -0.3 is 19.5 Å². The van der Waals surface area contributed by atoms with E-state index in [9.17, 15) is 14.4 Å². The Bertz CT molecular complexity index is 1040. The summed E-state index contributed by atoms with van der Waals surface area (Å²) in [5.41, 5.74) is 3.23. The molecule has 2 fully saturated rings. The van der Waals surface area contributed by atoms with Crippen LogP contribution in [-0.4, -0.2) is 73.4 Å². The van der Waals surface area contributed by atoms with Crippen molar-refractivity contribution in [3.8, 4) is 0 Å². The molecule has 1 aromatic heterocycles. The molecule has 34 heavy (non-hydrogen) atoms. The molecule has 0 saturated carbocycles. The number of hydrazine groups is 1. The van der Waals surface area contributed by atoms with E-state index in [-0.39, 0.29) is 68.9 Å². The highest BCUT2D eigenvalue weighted by Gasteiger charge is 2.34. The van der Waals surface area contributed by atoms with Crippen LogP contribution in [0.4, 0.5) is 25.0 Å². The van der Waals surface area contributed by atoms with Crippen LogP contribution in [0.25, 0.3) is 0 Å². The van der Waals surface area contributed by atoms with Crippen LogP contribution >= 0.6 is 0 Å². The van der Waals surface area contributed by atoms with Crippen molar-refractivity contribution in [1.29, 1.82) is 0 Å². The van der Waals surface area contributed by atoms with E-state index in [1.807, 2.05) is 0 Å². The van der Waals surface area contributed by atoms with Gasteiger partial charge in [0.05, 0.1) is 37.4 Å². The average Bonchev–Trinajstić information content (AvgIpc) is 3.35. The zero-order chi connectivity index (χ0) is 24.2. The molecule has 11 nitrogen and oxygen atoms in total. The lowest BCUT2D eigenvalue weighted by Crippen LogP contribution is -2.44. The Hall–Kier alpha value is -3.74. The van der Waals surface area contributed by atoms with E-state index in [2.05, 4.69) is 15.9 Å². The third-order valence-electron chi connectivity index (χ3n) is 5.48. The maximum absolute atomic E-state index is 15.0. The topological polar surface area (TPSA) is 120 Å². The number of carbonyl (C=O) groups is 3. The summed E-state index contributed by atoms with van der Waals surface area (Å²) in [6, 6.07) is 3.74. The molecule has 2 N–H and O–H groups in total. The molecule has 2 saturated heterocycles. The second-order valence-electron chi connectivity index (χ2n) is 7.92. The highest BCUT2D eigenvalue weighted by Crippen LogP contribution is 2.31. The number of aromatic nitrogens is 1. The Morgan fingerprint density at radius 3 is 2.68 bits per heavy atom. The van der Waals surface area contributed by atoms with E-state index in [0.29, 0.717) is 5.69 Å². The monoisotopic (exact) mass is 478 g/mol. The molecule has 0 unspecified atom stereocenters. The summed E-state index contributed by atoms with van der Waals surface area (Å²) in [7, 11) is 0. The van der Waals surface area contributed by atoms with Gasteiger partial charge in [0.2, 0.25) is 11.8 Å². The number of ether oxygens (including phenoxy) is 1. The van der Waals surface area contributed by atoms with Gasteiger partial charge in [0, 0.05) is 44.8 Å². The Morgan fingerprint density at radius 1 is 1.24 bits per heavy atom. The highest BCUT2D eigenvalue weighted by atomic mass is 19.1. The predicted octanol–water partition coefficient (Wildman–Crippen LogP) is 0.810. The first-order valence-corrected chi connectivity index (χ1v) is 10.7. The largest absolute Gasteiger partial charge is 0.442 e. The van der Waals surface area contributed by atoms with E-state index >= 15 is 8.78 Å². The number of anilines is 2. The second-order valence-corrected chi connectivity index (χ2v) is 7.92. The average molecular weight is 478 g/mol. The van der Waals surface area contributed by atoms with E-state index in [0.717, 1.165) is 17.0 Å². The quantitative estimate of drug-likeness (QED) is 0.626. The van der Waals surface area contributed by atoms with Crippen LogP contribution in [0.1, 0.15) is 12.6 Å². The molecule has 0 spiro atoms. The Kier molecular flexibility index (Phi) is 6.91. The number of hydrogen-bond acceptors (Lipinski definition) is 8. The van der Waals surface area contributed by atoms with Gasteiger partial charge in [-0.3, -0.25) is 19.5 Å². The maximum Gasteiger partial charge on any atom is 0.414 e. The molecule has 13 heteroatoms. The van der Waals surface area contributed by atoms with Gasteiger partial charge in [0.1, 0.15) is 18.1 Å². The zero-order valence-corrected chi connectivity index (χ0v) is 18.4. The molecule has 1 aromatic carbocycles. The van der Waals surface area contributed by atoms with Crippen molar-refractivity contribution in [1.82, 2.24) is 20.9 Å². The number of amides is 3. The number of benzene rings is 1. The first kappa shape index (κ1) is 23.4. The summed E-state index contributed by atoms with van der Waals surface area (Å²) in [5.74, 6) is -2.19. The van der Waals surface area contributed by atoms with Crippen molar-refractivity contribution in [2.45, 2.75) is 19.4 Å². The number of nitrogens with zero attached hydrogens (tertiary/aromatic N) is 4. The van der Waals surface area contributed by atoms with Crippen molar-refractivity contribution < 1.29 is 32.4 Å². The molecule has 2 aliphatic heterocycles. The standard InChI is InChI=1S/C21H24F2N6O5/c1-13(30)24-11-16-12-28(21(32)34-16)15-9-17(22)20(18(23)10-15)27-4-3-25-29(6-5-27)19(31)8-14-2-7-33-26-14/h2,7,9-10,16,25H,3-6,8,11-12H2,1H3,(H,24,30)/t16-/m0/s1. The lowest BCUT2D eigenvalue weighted by Gasteiger charge is -2.25. The minimum Gasteiger partial charge on any atom is -0.442 e. The van der Waals surface area contributed by atoms with Crippen molar-refractivity contribution in [2.24, 2.45) is 0 Å². The normalized spacial score (nSPS) is 18.6. The lowest BCUT2D eigenvalue weighted by atomic mass is 10.2. The Morgan fingerprint density at radius 2 is 2.00 bits per heavy atom. The van der Waals surface area contributed by atoms with Crippen LogP contribution < -0.4 is 20.5 Å². The molecule has 0 aliphatic carbocycles. The summed E-state index contributed by atoms with van der Waals surface area (Å²) >= 11 is 0. The summed E-state index contributed by atoms with van der Waals surface area (Å²) in [6.07, 6.45) is 0.0396. The predicted molar refractivity (Wildman–Crippen MR) is 115 cm³/mol. The van der Waals surface area contributed by atoms with Gasteiger partial charge in [0.25, 0.3) is 0 Å². The number of nitrogens with one attached hydrogen (secondary N) is 2. The minimum absolute atomic E-state index is 0.0199. The number of carbonyl (C=O) groups excluding carboxylic acids is 3. The van der Waals surface area contributed by atoms with Crippen LogP contribution in [0, 0.1) is 11.6 Å². The first-order valence-electron chi connectivity index (χ1n) is 10.7. The fraction of sp³-hybridized carbons (Fsp3) is 0.429. The second kappa shape index (κ2) is 10.0.